The lowest BCUT2D eigenvalue weighted by atomic mass is 10.0. The number of hydrogen-bond acceptors (Lipinski definition) is 4. The minimum Gasteiger partial charge on any atom is -0.382 e. The lowest BCUT2D eigenvalue weighted by Crippen LogP contribution is -2.39. The van der Waals surface area contributed by atoms with Crippen LogP contribution in [0.15, 0.2) is 30.8 Å². The molecule has 3 heterocycles. The van der Waals surface area contributed by atoms with E-state index in [1.807, 2.05) is 45.0 Å². The summed E-state index contributed by atoms with van der Waals surface area (Å²) in [4.78, 5) is 8.02. The molecule has 4 rings (SSSR count). The molecule has 26 heavy (non-hydrogen) atoms. The molecule has 1 fully saturated rings. The van der Waals surface area contributed by atoms with Crippen molar-refractivity contribution in [1.82, 2.24) is 30.8 Å². The van der Waals surface area contributed by atoms with E-state index in [-0.39, 0.29) is 0 Å². The minimum absolute atomic E-state index is 0.455. The van der Waals surface area contributed by atoms with E-state index in [1.165, 1.54) is 0 Å². The highest BCUT2D eigenvalue weighted by Gasteiger charge is 2.20. The molecule has 2 aromatic heterocycles. The summed E-state index contributed by atoms with van der Waals surface area (Å²) in [7, 11) is 0. The summed E-state index contributed by atoms with van der Waals surface area (Å²) in [5, 5.41) is 14.5. The molecule has 0 aliphatic carbocycles. The van der Waals surface area contributed by atoms with Crippen molar-refractivity contribution >= 4 is 16.7 Å². The van der Waals surface area contributed by atoms with E-state index in [0.717, 1.165) is 65.4 Å². The Morgan fingerprint density at radius 1 is 1.19 bits per heavy atom. The van der Waals surface area contributed by atoms with Crippen molar-refractivity contribution in [2.45, 2.75) is 39.7 Å². The fourth-order valence-electron chi connectivity index (χ4n) is 3.32. The molecule has 0 unspecified atom stereocenters. The molecule has 4 N–H and O–H groups in total. The highest BCUT2D eigenvalue weighted by atomic mass is 15.1. The summed E-state index contributed by atoms with van der Waals surface area (Å²) in [5.41, 5.74) is 5.68. The van der Waals surface area contributed by atoms with Crippen LogP contribution >= 0.6 is 0 Å². The number of H-pyrrole nitrogens is 2. The van der Waals surface area contributed by atoms with Gasteiger partial charge in [-0.2, -0.15) is 5.10 Å². The molecule has 0 atom stereocenters. The van der Waals surface area contributed by atoms with Gasteiger partial charge in [-0.05, 0) is 45.0 Å². The van der Waals surface area contributed by atoms with Gasteiger partial charge in [-0.1, -0.05) is 32.6 Å². The van der Waals surface area contributed by atoms with E-state index in [1.54, 1.807) is 0 Å². The number of piperidine rings is 1. The predicted molar refractivity (Wildman–Crippen MR) is 108 cm³/mol. The number of rotatable bonds is 4. The molecule has 138 valence electrons. The van der Waals surface area contributed by atoms with Gasteiger partial charge in [0.2, 0.25) is 0 Å². The zero-order valence-electron chi connectivity index (χ0n) is 15.8. The molecule has 0 bridgehead atoms. The van der Waals surface area contributed by atoms with Gasteiger partial charge in [0.15, 0.2) is 5.82 Å². The molecule has 0 radical (unpaired) electrons. The Bertz CT molecular complexity index is 836. The van der Waals surface area contributed by atoms with Gasteiger partial charge < -0.3 is 15.6 Å². The van der Waals surface area contributed by atoms with Gasteiger partial charge in [-0.3, -0.25) is 5.10 Å². The van der Waals surface area contributed by atoms with E-state index in [4.69, 9.17) is 0 Å². The average Bonchev–Trinajstić information content (AvgIpc) is 3.27. The molecule has 1 aromatic carbocycles. The van der Waals surface area contributed by atoms with E-state index in [0.29, 0.717) is 6.04 Å². The predicted octanol–water partition coefficient (Wildman–Crippen LogP) is 3.60. The van der Waals surface area contributed by atoms with Gasteiger partial charge in [0.25, 0.3) is 0 Å². The second kappa shape index (κ2) is 8.19. The Morgan fingerprint density at radius 3 is 2.65 bits per heavy atom. The Balaban J connectivity index is 0.000000948. The molecule has 3 aromatic rings. The number of hydrogen-bond donors (Lipinski definition) is 4. The Morgan fingerprint density at radius 2 is 1.92 bits per heavy atom. The fraction of sp³-hybridized carbons (Fsp3) is 0.400. The molecule has 6 nitrogen and oxygen atoms in total. The van der Waals surface area contributed by atoms with Gasteiger partial charge in [0, 0.05) is 23.0 Å². The van der Waals surface area contributed by atoms with Crippen LogP contribution in [0.3, 0.4) is 0 Å². The summed E-state index contributed by atoms with van der Waals surface area (Å²) in [5.74, 6) is 0.767. The van der Waals surface area contributed by atoms with Crippen LogP contribution < -0.4 is 10.6 Å². The van der Waals surface area contributed by atoms with Gasteiger partial charge in [0.05, 0.1) is 11.0 Å². The fourth-order valence-corrected chi connectivity index (χ4v) is 3.32. The van der Waals surface area contributed by atoms with Crippen LogP contribution in [0.4, 0.5) is 0 Å². The molecule has 1 aliphatic rings. The van der Waals surface area contributed by atoms with Gasteiger partial charge in [0.1, 0.15) is 5.69 Å². The first kappa shape index (κ1) is 18.2. The first-order chi connectivity index (χ1) is 12.7. The summed E-state index contributed by atoms with van der Waals surface area (Å²) >= 11 is 0. The molecular weight excluding hydrogens is 324 g/mol. The topological polar surface area (TPSA) is 81.4 Å². The minimum atomic E-state index is 0.455. The van der Waals surface area contributed by atoms with Crippen molar-refractivity contribution in [1.29, 1.82) is 0 Å². The van der Waals surface area contributed by atoms with Gasteiger partial charge >= 0.3 is 0 Å². The summed E-state index contributed by atoms with van der Waals surface area (Å²) < 4.78 is 0. The third-order valence-electron chi connectivity index (χ3n) is 4.58. The lowest BCUT2D eigenvalue weighted by molar-refractivity contribution is 0.425. The number of para-hydroxylation sites is 2. The van der Waals surface area contributed by atoms with E-state index < -0.39 is 0 Å². The number of benzene rings is 1. The molecule has 0 amide bonds. The molecule has 1 aliphatic heterocycles. The van der Waals surface area contributed by atoms with E-state index in [2.05, 4.69) is 37.4 Å². The Labute approximate surface area is 154 Å². The van der Waals surface area contributed by atoms with Crippen molar-refractivity contribution in [3.63, 3.8) is 0 Å². The number of aryl methyl sites for hydroxylation is 1. The first-order valence-corrected chi connectivity index (χ1v) is 9.39. The third-order valence-corrected chi connectivity index (χ3v) is 4.58. The lowest BCUT2D eigenvalue weighted by Gasteiger charge is -2.25. The number of nitrogens with zero attached hydrogens (tertiary/aromatic N) is 2. The van der Waals surface area contributed by atoms with Crippen molar-refractivity contribution in [2.24, 2.45) is 0 Å². The van der Waals surface area contributed by atoms with Gasteiger partial charge in [-0.15, -0.1) is 0 Å². The second-order valence-electron chi connectivity index (χ2n) is 6.32. The van der Waals surface area contributed by atoms with Crippen molar-refractivity contribution in [3.05, 3.63) is 42.1 Å². The number of imidazole rings is 1. The van der Waals surface area contributed by atoms with E-state index >= 15 is 0 Å². The maximum atomic E-state index is 4.67. The van der Waals surface area contributed by atoms with Gasteiger partial charge in [-0.25, -0.2) is 4.98 Å². The van der Waals surface area contributed by atoms with Crippen LogP contribution in [-0.4, -0.2) is 39.3 Å². The van der Waals surface area contributed by atoms with Crippen molar-refractivity contribution < 1.29 is 0 Å². The number of aromatic amines is 2. The Kier molecular flexibility index (Phi) is 5.73. The number of nitrogens with one attached hydrogen (secondary N) is 4. The standard InChI is InChI=1S/C18H22N6.C2H6/c1-11(20-13-7-9-19-10-8-13)16-12(2)23-24-17(16)18-21-14-5-3-4-6-15(14)22-18;1-2/h3-6,13,19-20H,1,7-10H2,2H3,(H,21,22)(H,23,24);1-2H3. The quantitative estimate of drug-likeness (QED) is 0.578. The monoisotopic (exact) mass is 352 g/mol. The maximum Gasteiger partial charge on any atom is 0.159 e. The smallest absolute Gasteiger partial charge is 0.159 e. The van der Waals surface area contributed by atoms with Crippen molar-refractivity contribution in [2.75, 3.05) is 13.1 Å². The van der Waals surface area contributed by atoms with Crippen LogP contribution in [0.25, 0.3) is 28.2 Å². The van der Waals surface area contributed by atoms with E-state index in [9.17, 15) is 0 Å². The average molecular weight is 352 g/mol. The molecule has 1 saturated heterocycles. The second-order valence-corrected chi connectivity index (χ2v) is 6.32. The first-order valence-electron chi connectivity index (χ1n) is 9.39. The van der Waals surface area contributed by atoms with Crippen LogP contribution in [0.1, 0.15) is 37.9 Å². The Hall–Kier alpha value is -2.60. The largest absolute Gasteiger partial charge is 0.382 e. The van der Waals surface area contributed by atoms with Crippen LogP contribution in [0.2, 0.25) is 0 Å². The maximum absolute atomic E-state index is 4.67. The SMILES string of the molecule is C=C(NC1CCNCC1)c1c(-c2nc3ccccc3[nH]2)n[nH]c1C.CC. The van der Waals surface area contributed by atoms with Crippen LogP contribution in [-0.2, 0) is 0 Å². The number of aromatic nitrogens is 4. The zero-order chi connectivity index (χ0) is 18.5. The highest BCUT2D eigenvalue weighted by Crippen LogP contribution is 2.28. The molecular formula is C20H28N6. The molecule has 0 saturated carbocycles. The third kappa shape index (κ3) is 3.65. The number of fused-ring (bicyclic) bond motifs is 1. The molecule has 6 heteroatoms. The molecule has 0 spiro atoms. The normalized spacial score (nSPS) is 14.7. The highest BCUT2D eigenvalue weighted by molar-refractivity contribution is 5.82. The van der Waals surface area contributed by atoms with Crippen LogP contribution in [0, 0.1) is 6.92 Å². The summed E-state index contributed by atoms with van der Waals surface area (Å²) in [6.45, 7) is 12.4. The van der Waals surface area contributed by atoms with Crippen molar-refractivity contribution in [3.8, 4) is 11.5 Å². The van der Waals surface area contributed by atoms with Crippen LogP contribution in [0.5, 0.6) is 0 Å². The summed E-state index contributed by atoms with van der Waals surface area (Å²) in [6.07, 6.45) is 2.21. The summed E-state index contributed by atoms with van der Waals surface area (Å²) in [6, 6.07) is 8.46. The zero-order valence-corrected chi connectivity index (χ0v) is 15.8.